The molecule has 0 saturated heterocycles. The second-order valence-electron chi connectivity index (χ2n) is 2.83. The van der Waals surface area contributed by atoms with Gasteiger partial charge in [-0.2, -0.15) is 0 Å². The highest BCUT2D eigenvalue weighted by atomic mass is 14.0. The summed E-state index contributed by atoms with van der Waals surface area (Å²) in [6.45, 7) is 2.97. The third-order valence-corrected chi connectivity index (χ3v) is 1.77. The fraction of sp³-hybridized carbons (Fsp3) is 0.455. The Morgan fingerprint density at radius 1 is 1.09 bits per heavy atom. The third kappa shape index (κ3) is 2.07. The SMILES string of the molecule is [3H]CCc1cc(C)cc(CC[3H])c1. The van der Waals surface area contributed by atoms with E-state index in [4.69, 9.17) is 2.74 Å². The minimum Gasteiger partial charge on any atom is -0.0613 e. The predicted octanol–water partition coefficient (Wildman–Crippen LogP) is 3.12. The van der Waals surface area contributed by atoms with Crippen molar-refractivity contribution in [2.45, 2.75) is 33.6 Å². The Bertz CT molecular complexity index is 245. The van der Waals surface area contributed by atoms with Crippen LogP contribution in [0.3, 0.4) is 0 Å². The summed E-state index contributed by atoms with van der Waals surface area (Å²) >= 11 is 0. The van der Waals surface area contributed by atoms with E-state index < -0.39 is 0 Å². The highest BCUT2D eigenvalue weighted by Crippen LogP contribution is 2.10. The Labute approximate surface area is 72.1 Å². The van der Waals surface area contributed by atoms with Gasteiger partial charge in [0, 0.05) is 2.74 Å². The zero-order valence-electron chi connectivity index (χ0n) is 9.06. The summed E-state index contributed by atoms with van der Waals surface area (Å²) < 4.78 is 14.3. The van der Waals surface area contributed by atoms with Gasteiger partial charge in [-0.05, 0) is 30.9 Å². The maximum absolute atomic E-state index is 7.15. The molecule has 0 heterocycles. The Balaban J connectivity index is 2.83. The van der Waals surface area contributed by atoms with E-state index in [1.807, 2.05) is 0 Å². The number of hydrogen-bond acceptors (Lipinski definition) is 0. The lowest BCUT2D eigenvalue weighted by Crippen LogP contribution is -1.87. The highest BCUT2D eigenvalue weighted by Gasteiger charge is 1.94. The van der Waals surface area contributed by atoms with E-state index in [0.717, 1.165) is 12.8 Å². The van der Waals surface area contributed by atoms with E-state index in [-0.39, 0.29) is 0 Å². The molecule has 11 heavy (non-hydrogen) atoms. The molecule has 0 saturated carbocycles. The molecule has 1 aromatic carbocycles. The normalized spacial score (nSPS) is 12.5. The molecule has 0 amide bonds. The van der Waals surface area contributed by atoms with Gasteiger partial charge in [-0.15, -0.1) is 0 Å². The Kier molecular flexibility index (Phi) is 1.89. The van der Waals surface area contributed by atoms with Crippen LogP contribution in [0.25, 0.3) is 0 Å². The van der Waals surface area contributed by atoms with Crippen LogP contribution in [0.5, 0.6) is 0 Å². The van der Waals surface area contributed by atoms with Crippen LogP contribution in [0, 0.1) is 6.92 Å². The van der Waals surface area contributed by atoms with Crippen LogP contribution in [0.4, 0.5) is 0 Å². The molecule has 0 fully saturated rings. The van der Waals surface area contributed by atoms with Gasteiger partial charge in [0.1, 0.15) is 0 Å². The van der Waals surface area contributed by atoms with Gasteiger partial charge in [0.15, 0.2) is 0 Å². The molecule has 0 heteroatoms. The Morgan fingerprint density at radius 2 is 1.64 bits per heavy atom. The Hall–Kier alpha value is -0.780. The average Bonchev–Trinajstić information content (AvgIpc) is 2.04. The molecule has 0 nitrogen and oxygen atoms in total. The molecule has 0 aromatic heterocycles. The van der Waals surface area contributed by atoms with E-state index in [2.05, 4.69) is 25.1 Å². The number of rotatable bonds is 2. The first-order chi connectivity index (χ1) is 6.26. The topological polar surface area (TPSA) is 0 Å². The molecule has 0 bridgehead atoms. The molecule has 0 aliphatic heterocycles. The van der Waals surface area contributed by atoms with Gasteiger partial charge in [0.05, 0.1) is 0 Å². The summed E-state index contributed by atoms with van der Waals surface area (Å²) in [6, 6.07) is 6.38. The lowest BCUT2D eigenvalue weighted by molar-refractivity contribution is 1.08. The molecule has 60 valence electrons. The summed E-state index contributed by atoms with van der Waals surface area (Å²) in [5, 5.41) is 0. The molecule has 1 aromatic rings. The number of aryl methyl sites for hydroxylation is 3. The molecule has 0 atom stereocenters. The van der Waals surface area contributed by atoms with Crippen LogP contribution in [0.15, 0.2) is 18.2 Å². The fourth-order valence-corrected chi connectivity index (χ4v) is 1.24. The molecule has 0 aliphatic rings. The van der Waals surface area contributed by atoms with E-state index in [9.17, 15) is 0 Å². The van der Waals surface area contributed by atoms with Crippen molar-refractivity contribution in [2.24, 2.45) is 0 Å². The molecular weight excluding hydrogens is 132 g/mol. The van der Waals surface area contributed by atoms with E-state index in [1.54, 1.807) is 0 Å². The van der Waals surface area contributed by atoms with E-state index in [0.29, 0.717) is 13.8 Å². The van der Waals surface area contributed by atoms with Crippen molar-refractivity contribution in [1.29, 1.82) is 0 Å². The second kappa shape index (κ2) is 3.56. The van der Waals surface area contributed by atoms with Crippen molar-refractivity contribution < 1.29 is 2.74 Å². The quantitative estimate of drug-likeness (QED) is 0.611. The van der Waals surface area contributed by atoms with Crippen LogP contribution >= 0.6 is 0 Å². The lowest BCUT2D eigenvalue weighted by Gasteiger charge is -2.02. The molecular formula is C11H16. The minimum absolute atomic E-state index is 0.448. The van der Waals surface area contributed by atoms with Crippen molar-refractivity contribution >= 4 is 0 Å². The molecule has 0 unspecified atom stereocenters. The molecule has 0 aliphatic carbocycles. The summed E-state index contributed by atoms with van der Waals surface area (Å²) in [7, 11) is 0. The van der Waals surface area contributed by atoms with Crippen LogP contribution in [0.2, 0.25) is 0 Å². The second-order valence-corrected chi connectivity index (χ2v) is 2.83. The first-order valence-corrected chi connectivity index (χ1v) is 3.94. The smallest absolute Gasteiger partial charge is 0.0234 e. The van der Waals surface area contributed by atoms with Gasteiger partial charge in [0.2, 0.25) is 0 Å². The summed E-state index contributed by atoms with van der Waals surface area (Å²) in [6.07, 6.45) is 1.65. The van der Waals surface area contributed by atoms with Gasteiger partial charge in [-0.3, -0.25) is 0 Å². The zero-order chi connectivity index (χ0) is 9.68. The van der Waals surface area contributed by atoms with Gasteiger partial charge >= 0.3 is 0 Å². The number of hydrogen-bond donors (Lipinski definition) is 0. The molecule has 0 radical (unpaired) electrons. The highest BCUT2D eigenvalue weighted by molar-refractivity contribution is 5.29. The minimum atomic E-state index is 0.448. The fourth-order valence-electron chi connectivity index (χ4n) is 1.24. The van der Waals surface area contributed by atoms with Crippen molar-refractivity contribution in [3.05, 3.63) is 34.9 Å². The van der Waals surface area contributed by atoms with Gasteiger partial charge in [-0.1, -0.05) is 37.6 Å². The van der Waals surface area contributed by atoms with Gasteiger partial charge < -0.3 is 0 Å². The third-order valence-electron chi connectivity index (χ3n) is 1.77. The summed E-state index contributed by atoms with van der Waals surface area (Å²) in [5.41, 5.74) is 3.71. The van der Waals surface area contributed by atoms with Crippen LogP contribution in [-0.2, 0) is 12.8 Å². The van der Waals surface area contributed by atoms with Crippen LogP contribution < -0.4 is 0 Å². The van der Waals surface area contributed by atoms with Gasteiger partial charge in [0.25, 0.3) is 0 Å². The first-order valence-electron chi connectivity index (χ1n) is 5.35. The monoisotopic (exact) mass is 152 g/mol. The number of benzene rings is 1. The summed E-state index contributed by atoms with van der Waals surface area (Å²) in [4.78, 5) is 0. The largest absolute Gasteiger partial charge is 0.0613 e. The van der Waals surface area contributed by atoms with E-state index >= 15 is 0 Å². The lowest BCUT2D eigenvalue weighted by atomic mass is 10.0. The van der Waals surface area contributed by atoms with Gasteiger partial charge in [-0.25, -0.2) is 0 Å². The zero-order valence-corrected chi connectivity index (χ0v) is 7.06. The van der Waals surface area contributed by atoms with Crippen molar-refractivity contribution in [3.8, 4) is 0 Å². The van der Waals surface area contributed by atoms with Crippen LogP contribution in [-0.4, -0.2) is 0 Å². The van der Waals surface area contributed by atoms with E-state index in [1.165, 1.54) is 16.7 Å². The van der Waals surface area contributed by atoms with Crippen molar-refractivity contribution in [1.82, 2.24) is 0 Å². The average molecular weight is 152 g/mol. The first kappa shape index (κ1) is 5.82. The van der Waals surface area contributed by atoms with Crippen molar-refractivity contribution in [3.63, 3.8) is 0 Å². The summed E-state index contributed by atoms with van der Waals surface area (Å²) in [5.74, 6) is 0. The standard InChI is InChI=1S/C11H16/c1-4-10-6-9(3)7-11(5-2)8-10/h6-8H,4-5H2,1-3H3/i1T,2T. The molecule has 0 N–H and O–H groups in total. The maximum Gasteiger partial charge on any atom is 0.0234 e. The van der Waals surface area contributed by atoms with Crippen molar-refractivity contribution in [2.75, 3.05) is 0 Å². The predicted molar refractivity (Wildman–Crippen MR) is 49.9 cm³/mol. The van der Waals surface area contributed by atoms with Crippen LogP contribution in [0.1, 0.15) is 33.2 Å². The molecule has 0 spiro atoms. The molecule has 1 rings (SSSR count). The maximum atomic E-state index is 7.15. The Morgan fingerprint density at radius 3 is 2.09 bits per heavy atom.